The molecule has 0 aliphatic rings. The lowest BCUT2D eigenvalue weighted by Gasteiger charge is -2.21. The van der Waals surface area contributed by atoms with Crippen LogP contribution in [-0.2, 0) is 17.4 Å². The van der Waals surface area contributed by atoms with Crippen LogP contribution in [0.5, 0.6) is 0 Å². The second-order valence-corrected chi connectivity index (χ2v) is 9.92. The van der Waals surface area contributed by atoms with E-state index in [0.717, 1.165) is 6.54 Å². The highest BCUT2D eigenvalue weighted by atomic mass is 32.2. The second kappa shape index (κ2) is 9.33. The summed E-state index contributed by atoms with van der Waals surface area (Å²) in [5.41, 5.74) is 2.59. The van der Waals surface area contributed by atoms with Crippen LogP contribution in [0.1, 0.15) is 5.56 Å². The molecule has 0 radical (unpaired) electrons. The van der Waals surface area contributed by atoms with Crippen LogP contribution in [0.2, 0.25) is 0 Å². The summed E-state index contributed by atoms with van der Waals surface area (Å²) in [4.78, 5) is 6.43. The van der Waals surface area contributed by atoms with E-state index in [1.165, 1.54) is 36.7 Å². The molecule has 0 bridgehead atoms. The molecule has 0 heterocycles. The van der Waals surface area contributed by atoms with Crippen LogP contribution in [0.15, 0.2) is 142 Å². The van der Waals surface area contributed by atoms with Gasteiger partial charge in [-0.25, -0.2) is 0 Å². The minimum atomic E-state index is -0.148. The van der Waals surface area contributed by atoms with Gasteiger partial charge < -0.3 is 4.90 Å². The molecule has 5 rings (SSSR count). The van der Waals surface area contributed by atoms with Gasteiger partial charge in [-0.1, -0.05) is 84.9 Å². The Balaban J connectivity index is 1.53. The maximum absolute atomic E-state index is 2.35. The van der Waals surface area contributed by atoms with Crippen molar-refractivity contribution < 1.29 is 0 Å². The summed E-state index contributed by atoms with van der Waals surface area (Å²) in [7, 11) is 2.04. The molecule has 156 valence electrons. The monoisotopic (exact) mass is 432 g/mol. The van der Waals surface area contributed by atoms with Gasteiger partial charge in [-0.3, -0.25) is 0 Å². The fraction of sp³-hybridized carbons (Fsp3) is 0.0667. The Hall–Kier alpha value is -3.49. The zero-order chi connectivity index (χ0) is 21.8. The van der Waals surface area contributed by atoms with Crippen LogP contribution in [0.3, 0.4) is 0 Å². The molecule has 0 aromatic heterocycles. The van der Waals surface area contributed by atoms with Gasteiger partial charge in [0.25, 0.3) is 0 Å². The van der Waals surface area contributed by atoms with Gasteiger partial charge in [0.05, 0.1) is 10.9 Å². The van der Waals surface area contributed by atoms with E-state index in [1.807, 2.05) is 0 Å². The first-order chi connectivity index (χ1) is 15.8. The van der Waals surface area contributed by atoms with Crippen molar-refractivity contribution in [2.45, 2.75) is 21.2 Å². The molecular formula is C30H26NS+. The number of fused-ring (bicyclic) bond motifs is 1. The van der Waals surface area contributed by atoms with Crippen molar-refractivity contribution in [1.82, 2.24) is 0 Å². The van der Waals surface area contributed by atoms with E-state index in [1.54, 1.807) is 0 Å². The van der Waals surface area contributed by atoms with Crippen molar-refractivity contribution in [3.8, 4) is 0 Å². The summed E-state index contributed by atoms with van der Waals surface area (Å²) in [5, 5.41) is 2.55. The summed E-state index contributed by atoms with van der Waals surface area (Å²) in [5.74, 6) is 0. The maximum atomic E-state index is 2.35. The van der Waals surface area contributed by atoms with E-state index >= 15 is 0 Å². The summed E-state index contributed by atoms with van der Waals surface area (Å²) in [6, 6.07) is 45.9. The quantitative estimate of drug-likeness (QED) is 0.250. The summed E-state index contributed by atoms with van der Waals surface area (Å²) < 4.78 is 0. The molecule has 0 unspecified atom stereocenters. The number of hydrogen-bond acceptors (Lipinski definition) is 1. The minimum Gasteiger partial charge on any atom is -0.370 e. The van der Waals surface area contributed by atoms with Crippen molar-refractivity contribution in [2.24, 2.45) is 0 Å². The van der Waals surface area contributed by atoms with Crippen molar-refractivity contribution in [3.05, 3.63) is 133 Å². The second-order valence-electron chi connectivity index (χ2n) is 7.93. The van der Waals surface area contributed by atoms with Crippen molar-refractivity contribution in [1.29, 1.82) is 0 Å². The third-order valence-electron chi connectivity index (χ3n) is 5.73. The largest absolute Gasteiger partial charge is 0.370 e. The SMILES string of the molecule is CN(Cc1ccccc1[S+](c1ccccc1)c1ccccc1)c1ccc2ccccc2c1. The third kappa shape index (κ3) is 4.28. The van der Waals surface area contributed by atoms with E-state index in [9.17, 15) is 0 Å². The highest BCUT2D eigenvalue weighted by Gasteiger charge is 2.30. The smallest absolute Gasteiger partial charge is 0.171 e. The summed E-state index contributed by atoms with van der Waals surface area (Å²) in [6.07, 6.45) is 0. The standard InChI is InChI=1S/C30H26NS/c1-31(27-21-20-24-12-8-9-13-25(24)22-27)23-26-14-10-11-19-30(26)32(28-15-4-2-5-16-28)29-17-6-3-7-18-29/h2-22H,23H2,1H3/q+1. The number of benzene rings is 5. The van der Waals surface area contributed by atoms with E-state index in [4.69, 9.17) is 0 Å². The van der Waals surface area contributed by atoms with Crippen molar-refractivity contribution >= 4 is 27.4 Å². The first-order valence-corrected chi connectivity index (χ1v) is 12.1. The Morgan fingerprint density at radius 3 is 1.81 bits per heavy atom. The van der Waals surface area contributed by atoms with E-state index < -0.39 is 0 Å². The first kappa shape index (κ1) is 20.4. The molecule has 5 aromatic rings. The van der Waals surface area contributed by atoms with Gasteiger partial charge in [-0.2, -0.15) is 0 Å². The molecule has 32 heavy (non-hydrogen) atoms. The van der Waals surface area contributed by atoms with Crippen LogP contribution in [0.4, 0.5) is 5.69 Å². The fourth-order valence-electron chi connectivity index (χ4n) is 4.10. The lowest BCUT2D eigenvalue weighted by molar-refractivity contribution is 0.902. The molecule has 0 N–H and O–H groups in total. The lowest BCUT2D eigenvalue weighted by atomic mass is 10.1. The lowest BCUT2D eigenvalue weighted by Crippen LogP contribution is -2.18. The van der Waals surface area contributed by atoms with Crippen LogP contribution in [0, 0.1) is 0 Å². The Morgan fingerprint density at radius 2 is 1.12 bits per heavy atom. The molecule has 0 fully saturated rings. The van der Waals surface area contributed by atoms with Crippen LogP contribution >= 0.6 is 0 Å². The normalized spacial score (nSPS) is 11.1. The molecular weight excluding hydrogens is 406 g/mol. The molecule has 0 atom stereocenters. The number of anilines is 1. The predicted molar refractivity (Wildman–Crippen MR) is 138 cm³/mol. The third-order valence-corrected chi connectivity index (χ3v) is 8.06. The van der Waals surface area contributed by atoms with Gasteiger partial charge in [0.2, 0.25) is 0 Å². The molecule has 0 spiro atoms. The molecule has 0 saturated heterocycles. The molecule has 5 aromatic carbocycles. The zero-order valence-corrected chi connectivity index (χ0v) is 19.0. The molecule has 0 saturated carbocycles. The van der Waals surface area contributed by atoms with Gasteiger partial charge in [-0.05, 0) is 53.2 Å². The number of hydrogen-bond donors (Lipinski definition) is 0. The highest BCUT2D eigenvalue weighted by molar-refractivity contribution is 7.97. The van der Waals surface area contributed by atoms with Crippen LogP contribution in [-0.4, -0.2) is 7.05 Å². The highest BCUT2D eigenvalue weighted by Crippen LogP contribution is 2.34. The summed E-state index contributed by atoms with van der Waals surface area (Å²) in [6.45, 7) is 0.859. The van der Waals surface area contributed by atoms with Gasteiger partial charge >= 0.3 is 0 Å². The Bertz CT molecular complexity index is 1280. The Morgan fingerprint density at radius 1 is 0.562 bits per heavy atom. The molecule has 0 aliphatic carbocycles. The fourth-order valence-corrected chi connectivity index (χ4v) is 6.35. The van der Waals surface area contributed by atoms with Gasteiger partial charge in [-0.15, -0.1) is 0 Å². The predicted octanol–water partition coefficient (Wildman–Crippen LogP) is 7.57. The average Bonchev–Trinajstić information content (AvgIpc) is 2.86. The van der Waals surface area contributed by atoms with Crippen molar-refractivity contribution in [3.63, 3.8) is 0 Å². The average molecular weight is 433 g/mol. The Labute approximate surface area is 193 Å². The van der Waals surface area contributed by atoms with E-state index in [2.05, 4.69) is 139 Å². The zero-order valence-electron chi connectivity index (χ0n) is 18.2. The molecule has 0 amide bonds. The molecule has 1 nitrogen and oxygen atoms in total. The van der Waals surface area contributed by atoms with Crippen LogP contribution in [0.25, 0.3) is 10.8 Å². The van der Waals surface area contributed by atoms with Crippen LogP contribution < -0.4 is 4.90 Å². The van der Waals surface area contributed by atoms with Gasteiger partial charge in [0.1, 0.15) is 0 Å². The van der Waals surface area contributed by atoms with E-state index in [0.29, 0.717) is 0 Å². The Kier molecular flexibility index (Phi) is 5.96. The number of rotatable bonds is 6. The number of nitrogens with zero attached hydrogens (tertiary/aromatic N) is 1. The maximum Gasteiger partial charge on any atom is 0.171 e. The first-order valence-electron chi connectivity index (χ1n) is 10.9. The van der Waals surface area contributed by atoms with E-state index in [-0.39, 0.29) is 10.9 Å². The molecule has 2 heteroatoms. The van der Waals surface area contributed by atoms with Crippen molar-refractivity contribution in [2.75, 3.05) is 11.9 Å². The van der Waals surface area contributed by atoms with Gasteiger partial charge in [0, 0.05) is 24.8 Å². The minimum absolute atomic E-state index is 0.148. The molecule has 0 aliphatic heterocycles. The summed E-state index contributed by atoms with van der Waals surface area (Å²) >= 11 is 0. The van der Waals surface area contributed by atoms with Gasteiger partial charge in [0.15, 0.2) is 14.7 Å². The topological polar surface area (TPSA) is 3.24 Å².